The van der Waals surface area contributed by atoms with Crippen LogP contribution >= 0.6 is 0 Å². The number of amides is 1. The molecule has 1 N–H and O–H groups in total. The first-order valence-corrected chi connectivity index (χ1v) is 14.6. The third kappa shape index (κ3) is 2.92. The molecule has 1 amide bonds. The molecule has 186 valence electrons. The highest BCUT2D eigenvalue weighted by Crippen LogP contribution is 2.64. The van der Waals surface area contributed by atoms with Crippen molar-refractivity contribution in [3.05, 3.63) is 0 Å². The lowest BCUT2D eigenvalue weighted by atomic mass is 9.48. The van der Waals surface area contributed by atoms with Crippen LogP contribution in [0.25, 0.3) is 0 Å². The third-order valence-corrected chi connectivity index (χ3v) is 12.8. The van der Waals surface area contributed by atoms with Crippen molar-refractivity contribution in [1.82, 2.24) is 5.32 Å². The van der Waals surface area contributed by atoms with E-state index < -0.39 is 0 Å². The van der Waals surface area contributed by atoms with Gasteiger partial charge in [-0.3, -0.25) is 14.6 Å². The van der Waals surface area contributed by atoms with Crippen molar-refractivity contribution in [2.75, 3.05) is 6.54 Å². The summed E-state index contributed by atoms with van der Waals surface area (Å²) in [4.78, 5) is 31.5. The van der Waals surface area contributed by atoms with Gasteiger partial charge in [0.25, 0.3) is 0 Å². The molecule has 0 aromatic carbocycles. The molecule has 7 saturated carbocycles. The maximum Gasteiger partial charge on any atom is 0.224 e. The summed E-state index contributed by atoms with van der Waals surface area (Å²) in [6, 6.07) is 0. The monoisotopic (exact) mass is 464 g/mol. The molecule has 4 bridgehead atoms. The second kappa shape index (κ2) is 7.19. The molecule has 4 heteroatoms. The minimum Gasteiger partial charge on any atom is -0.350 e. The Morgan fingerprint density at radius 3 is 2.29 bits per heavy atom. The molecule has 7 atom stereocenters. The Morgan fingerprint density at radius 1 is 0.941 bits per heavy atom. The number of aliphatic imine (C=N–C) groups is 1. The van der Waals surface area contributed by atoms with Crippen LogP contribution in [0.3, 0.4) is 0 Å². The second-order valence-electron chi connectivity index (χ2n) is 14.6. The average molecular weight is 465 g/mol. The van der Waals surface area contributed by atoms with Gasteiger partial charge in [0.15, 0.2) is 0 Å². The first-order valence-electron chi connectivity index (χ1n) is 14.6. The van der Waals surface area contributed by atoms with E-state index >= 15 is 0 Å². The van der Waals surface area contributed by atoms with Crippen molar-refractivity contribution in [2.45, 2.75) is 103 Å². The summed E-state index contributed by atoms with van der Waals surface area (Å²) in [5.74, 6) is 5.41. The van der Waals surface area contributed by atoms with Gasteiger partial charge < -0.3 is 5.32 Å². The minimum absolute atomic E-state index is 0.00963. The first-order chi connectivity index (χ1) is 16.2. The molecule has 34 heavy (non-hydrogen) atoms. The van der Waals surface area contributed by atoms with Crippen LogP contribution in [0, 0.1) is 58.2 Å². The molecule has 0 saturated heterocycles. The Bertz CT molecular complexity index is 918. The number of rotatable bonds is 2. The van der Waals surface area contributed by atoms with Crippen LogP contribution < -0.4 is 5.32 Å². The molecule has 0 aromatic rings. The Balaban J connectivity index is 1.12. The fraction of sp³-hybridized carbons (Fsp3) is 0.900. The van der Waals surface area contributed by atoms with E-state index in [1.807, 2.05) is 0 Å². The van der Waals surface area contributed by atoms with Gasteiger partial charge in [0.2, 0.25) is 5.91 Å². The molecule has 0 radical (unpaired) electrons. The third-order valence-electron chi connectivity index (χ3n) is 12.8. The van der Waals surface area contributed by atoms with E-state index in [4.69, 9.17) is 4.99 Å². The van der Waals surface area contributed by atoms with Crippen LogP contribution in [0.4, 0.5) is 0 Å². The molecule has 0 aromatic heterocycles. The number of fused-ring (bicyclic) bond motifs is 5. The molecular weight excluding hydrogens is 420 g/mol. The van der Waals surface area contributed by atoms with Crippen molar-refractivity contribution in [1.29, 1.82) is 0 Å². The van der Waals surface area contributed by atoms with Crippen LogP contribution in [0.2, 0.25) is 0 Å². The average Bonchev–Trinajstić information content (AvgIpc) is 3.13. The number of hydrogen-bond acceptors (Lipinski definition) is 3. The highest BCUT2D eigenvalue weighted by atomic mass is 16.2. The van der Waals surface area contributed by atoms with Crippen molar-refractivity contribution in [2.24, 2.45) is 63.2 Å². The summed E-state index contributed by atoms with van der Waals surface area (Å²) in [7, 11) is 0. The number of ketones is 1. The van der Waals surface area contributed by atoms with Gasteiger partial charge in [-0.15, -0.1) is 0 Å². The highest BCUT2D eigenvalue weighted by molar-refractivity contribution is 6.09. The quantitative estimate of drug-likeness (QED) is 0.579. The number of Topliss-reactive ketones (excluding diaryl/α,β-unsaturated/α-hetero) is 1. The second-order valence-corrected chi connectivity index (χ2v) is 14.6. The van der Waals surface area contributed by atoms with Crippen molar-refractivity contribution in [3.63, 3.8) is 0 Å². The van der Waals surface area contributed by atoms with Gasteiger partial charge in [-0.1, -0.05) is 20.8 Å². The topological polar surface area (TPSA) is 58.5 Å². The zero-order valence-corrected chi connectivity index (χ0v) is 21.6. The zero-order valence-electron chi connectivity index (χ0n) is 21.6. The molecule has 8 rings (SSSR count). The minimum atomic E-state index is 0.00963. The van der Waals surface area contributed by atoms with Gasteiger partial charge in [0.05, 0.1) is 5.92 Å². The van der Waals surface area contributed by atoms with Crippen LogP contribution in [0.1, 0.15) is 97.8 Å². The first kappa shape index (κ1) is 22.0. The lowest BCUT2D eigenvalue weighted by molar-refractivity contribution is -0.137. The van der Waals surface area contributed by atoms with E-state index in [2.05, 4.69) is 26.1 Å². The highest BCUT2D eigenvalue weighted by Gasteiger charge is 2.62. The number of carbonyl (C=O) groups excluding carboxylic acids is 2. The molecule has 7 aliphatic carbocycles. The lowest BCUT2D eigenvalue weighted by Crippen LogP contribution is -2.62. The molecular formula is C30H44N2O2. The fourth-order valence-corrected chi connectivity index (χ4v) is 11.6. The van der Waals surface area contributed by atoms with E-state index in [0.717, 1.165) is 43.6 Å². The van der Waals surface area contributed by atoms with Gasteiger partial charge in [-0.2, -0.15) is 0 Å². The van der Waals surface area contributed by atoms with Crippen LogP contribution in [0.15, 0.2) is 4.99 Å². The van der Waals surface area contributed by atoms with Gasteiger partial charge >= 0.3 is 0 Å². The number of carbonyl (C=O) groups is 2. The summed E-state index contributed by atoms with van der Waals surface area (Å²) < 4.78 is 0. The van der Waals surface area contributed by atoms with Gasteiger partial charge in [0.1, 0.15) is 5.78 Å². The van der Waals surface area contributed by atoms with Gasteiger partial charge in [0, 0.05) is 35.5 Å². The van der Waals surface area contributed by atoms with Crippen LogP contribution in [0.5, 0.6) is 0 Å². The molecule has 4 unspecified atom stereocenters. The standard InChI is InChI=1S/C30H44N2O2/c1-17-25(33)7-9-29(3)23-6-8-28(2)22(21(23)16-31-26(17)29)4-5-24(28)27(34)32-30-13-18-10-19(14-30)12-20(11-18)15-30/h17-24H,4-16H2,1-3H3,(H,32,34)/t17?,18?,19?,20?,21?,22?,23?,24-,28+,29-,30?/m1/s1. The summed E-state index contributed by atoms with van der Waals surface area (Å²) in [5, 5.41) is 3.76. The Kier molecular flexibility index (Phi) is 4.66. The molecule has 1 aliphatic heterocycles. The van der Waals surface area contributed by atoms with E-state index in [-0.39, 0.29) is 28.2 Å². The summed E-state index contributed by atoms with van der Waals surface area (Å²) in [5.41, 5.74) is 1.55. The SMILES string of the molecule is CC1C(=O)CC[C@@]2(C)C1=NCC1C2CC[C@@]2(C)C1CC[C@@H]2C(=O)NC12CC3CC(CC(C3)C1)C2. The van der Waals surface area contributed by atoms with Crippen molar-refractivity contribution >= 4 is 17.4 Å². The summed E-state index contributed by atoms with van der Waals surface area (Å²) in [6.45, 7) is 7.85. The fourth-order valence-electron chi connectivity index (χ4n) is 11.6. The van der Waals surface area contributed by atoms with Crippen LogP contribution in [-0.4, -0.2) is 29.5 Å². The summed E-state index contributed by atoms with van der Waals surface area (Å²) in [6.07, 6.45) is 14.3. The Labute approximate surface area is 205 Å². The van der Waals surface area contributed by atoms with Gasteiger partial charge in [-0.25, -0.2) is 0 Å². The molecule has 0 spiro atoms. The van der Waals surface area contributed by atoms with E-state index in [1.165, 1.54) is 63.5 Å². The van der Waals surface area contributed by atoms with Crippen molar-refractivity contribution < 1.29 is 9.59 Å². The predicted octanol–water partition coefficient (Wildman–Crippen LogP) is 5.59. The molecule has 4 nitrogen and oxygen atoms in total. The molecule has 7 fully saturated rings. The maximum absolute atomic E-state index is 13.9. The smallest absolute Gasteiger partial charge is 0.224 e. The van der Waals surface area contributed by atoms with E-state index in [9.17, 15) is 9.59 Å². The van der Waals surface area contributed by atoms with Gasteiger partial charge in [-0.05, 0) is 112 Å². The van der Waals surface area contributed by atoms with Crippen molar-refractivity contribution in [3.8, 4) is 0 Å². The molecule has 1 heterocycles. The Morgan fingerprint density at radius 2 is 1.62 bits per heavy atom. The number of nitrogens with one attached hydrogen (secondary N) is 1. The zero-order chi connectivity index (χ0) is 23.5. The van der Waals surface area contributed by atoms with Crippen LogP contribution in [-0.2, 0) is 9.59 Å². The lowest BCUT2D eigenvalue weighted by Gasteiger charge is -2.58. The predicted molar refractivity (Wildman–Crippen MR) is 133 cm³/mol. The number of nitrogens with zero attached hydrogens (tertiary/aromatic N) is 1. The largest absolute Gasteiger partial charge is 0.350 e. The Hall–Kier alpha value is -1.19. The van der Waals surface area contributed by atoms with E-state index in [0.29, 0.717) is 29.4 Å². The molecule has 8 aliphatic rings. The summed E-state index contributed by atoms with van der Waals surface area (Å²) >= 11 is 0. The maximum atomic E-state index is 13.9. The normalized spacial score (nSPS) is 55.3. The van der Waals surface area contributed by atoms with E-state index in [1.54, 1.807) is 0 Å². The number of hydrogen-bond donors (Lipinski definition) is 1.